The predicted molar refractivity (Wildman–Crippen MR) is 75.7 cm³/mol. The van der Waals surface area contributed by atoms with Crippen LogP contribution < -0.4 is 5.32 Å². The van der Waals surface area contributed by atoms with E-state index in [2.05, 4.69) is 43.1 Å². The van der Waals surface area contributed by atoms with Gasteiger partial charge in [-0.25, -0.2) is 0 Å². The number of hydrogen-bond donors (Lipinski definition) is 1. The Bertz CT molecular complexity index is 340. The molecule has 96 valence electrons. The number of hydrogen-bond acceptors (Lipinski definition) is 3. The first kappa shape index (κ1) is 13.1. The molecule has 2 nitrogen and oxygen atoms in total. The second-order valence-corrected chi connectivity index (χ2v) is 6.36. The van der Waals surface area contributed by atoms with Crippen LogP contribution in [0.15, 0.2) is 12.1 Å². The summed E-state index contributed by atoms with van der Waals surface area (Å²) in [7, 11) is 0. The normalized spacial score (nSPS) is 20.6. The van der Waals surface area contributed by atoms with Crippen LogP contribution in [-0.4, -0.2) is 30.6 Å². The maximum Gasteiger partial charge on any atom is 0.0388 e. The van der Waals surface area contributed by atoms with Crippen LogP contribution in [0.3, 0.4) is 0 Å². The van der Waals surface area contributed by atoms with Crippen molar-refractivity contribution in [3.63, 3.8) is 0 Å². The Morgan fingerprint density at radius 1 is 1.41 bits per heavy atom. The molecule has 1 saturated heterocycles. The summed E-state index contributed by atoms with van der Waals surface area (Å²) < 4.78 is 0. The molecule has 17 heavy (non-hydrogen) atoms. The van der Waals surface area contributed by atoms with E-state index in [4.69, 9.17) is 0 Å². The average Bonchev–Trinajstić information content (AvgIpc) is 2.77. The van der Waals surface area contributed by atoms with E-state index in [0.717, 1.165) is 0 Å². The number of nitrogens with one attached hydrogen (secondary N) is 1. The second-order valence-electron chi connectivity index (χ2n) is 5.05. The molecule has 3 heteroatoms. The van der Waals surface area contributed by atoms with Crippen molar-refractivity contribution in [1.29, 1.82) is 0 Å². The van der Waals surface area contributed by atoms with Gasteiger partial charge in [-0.1, -0.05) is 6.92 Å². The molecule has 1 unspecified atom stereocenters. The maximum atomic E-state index is 3.78. The van der Waals surface area contributed by atoms with Gasteiger partial charge >= 0.3 is 0 Å². The summed E-state index contributed by atoms with van der Waals surface area (Å²) in [6, 6.07) is 5.69. The molecule has 2 heterocycles. The summed E-state index contributed by atoms with van der Waals surface area (Å²) >= 11 is 1.92. The van der Waals surface area contributed by atoms with Gasteiger partial charge in [0.25, 0.3) is 0 Å². The zero-order valence-corrected chi connectivity index (χ0v) is 12.0. The lowest BCUT2D eigenvalue weighted by atomic mass is 10.0. The quantitative estimate of drug-likeness (QED) is 0.885. The highest BCUT2D eigenvalue weighted by Crippen LogP contribution is 2.24. The highest BCUT2D eigenvalue weighted by molar-refractivity contribution is 7.12. The Hall–Kier alpha value is -0.380. The smallest absolute Gasteiger partial charge is 0.0388 e. The standard InChI is InChI=1S/C14H24N2S/c1-4-16-9-7-13(8-10-16)15-12(3)14-6-5-11(2)17-14/h5-6,12-13,15H,4,7-10H2,1-3H3. The molecule has 1 aliphatic heterocycles. The fourth-order valence-electron chi connectivity index (χ4n) is 2.54. The van der Waals surface area contributed by atoms with Crippen molar-refractivity contribution in [3.8, 4) is 0 Å². The van der Waals surface area contributed by atoms with E-state index in [0.29, 0.717) is 12.1 Å². The molecule has 2 rings (SSSR count). The Morgan fingerprint density at radius 2 is 2.12 bits per heavy atom. The molecule has 1 aliphatic rings. The number of likely N-dealkylation sites (tertiary alicyclic amines) is 1. The van der Waals surface area contributed by atoms with Crippen molar-refractivity contribution in [2.45, 2.75) is 45.7 Å². The van der Waals surface area contributed by atoms with Gasteiger partial charge in [0.15, 0.2) is 0 Å². The van der Waals surface area contributed by atoms with Gasteiger partial charge in [-0.3, -0.25) is 0 Å². The van der Waals surface area contributed by atoms with Gasteiger partial charge in [-0.15, -0.1) is 11.3 Å². The van der Waals surface area contributed by atoms with Gasteiger partial charge in [0.1, 0.15) is 0 Å². The van der Waals surface area contributed by atoms with Crippen LogP contribution in [0.2, 0.25) is 0 Å². The third kappa shape index (κ3) is 3.54. The third-order valence-electron chi connectivity index (χ3n) is 3.71. The summed E-state index contributed by atoms with van der Waals surface area (Å²) in [5.74, 6) is 0. The van der Waals surface area contributed by atoms with Crippen molar-refractivity contribution < 1.29 is 0 Å². The Kier molecular flexibility index (Phi) is 4.60. The fraction of sp³-hybridized carbons (Fsp3) is 0.714. The number of nitrogens with zero attached hydrogens (tertiary/aromatic N) is 1. The van der Waals surface area contributed by atoms with E-state index < -0.39 is 0 Å². The first-order chi connectivity index (χ1) is 8.19. The van der Waals surface area contributed by atoms with Crippen molar-refractivity contribution in [2.24, 2.45) is 0 Å². The van der Waals surface area contributed by atoms with Crippen molar-refractivity contribution in [2.75, 3.05) is 19.6 Å². The first-order valence-electron chi connectivity index (χ1n) is 6.73. The Balaban J connectivity index is 1.81. The van der Waals surface area contributed by atoms with Gasteiger partial charge < -0.3 is 10.2 Å². The number of thiophene rings is 1. The van der Waals surface area contributed by atoms with Crippen LogP contribution in [-0.2, 0) is 0 Å². The van der Waals surface area contributed by atoms with Crippen LogP contribution >= 0.6 is 11.3 Å². The monoisotopic (exact) mass is 252 g/mol. The lowest BCUT2D eigenvalue weighted by molar-refractivity contribution is 0.200. The fourth-order valence-corrected chi connectivity index (χ4v) is 3.43. The number of piperidine rings is 1. The highest BCUT2D eigenvalue weighted by Gasteiger charge is 2.20. The minimum Gasteiger partial charge on any atom is -0.307 e. The minimum atomic E-state index is 0.506. The summed E-state index contributed by atoms with van der Waals surface area (Å²) in [6.45, 7) is 10.4. The first-order valence-corrected chi connectivity index (χ1v) is 7.55. The van der Waals surface area contributed by atoms with E-state index in [1.54, 1.807) is 0 Å². The van der Waals surface area contributed by atoms with E-state index in [1.807, 2.05) is 11.3 Å². The zero-order chi connectivity index (χ0) is 12.3. The van der Waals surface area contributed by atoms with Crippen LogP contribution in [0, 0.1) is 6.92 Å². The van der Waals surface area contributed by atoms with Crippen LogP contribution in [0.25, 0.3) is 0 Å². The number of aryl methyl sites for hydroxylation is 1. The minimum absolute atomic E-state index is 0.506. The second kappa shape index (κ2) is 5.98. The lowest BCUT2D eigenvalue weighted by Crippen LogP contribution is -2.42. The summed E-state index contributed by atoms with van der Waals surface area (Å²) in [6.07, 6.45) is 2.59. The molecule has 0 bridgehead atoms. The molecule has 0 amide bonds. The lowest BCUT2D eigenvalue weighted by Gasteiger charge is -2.33. The Labute approximate surface area is 109 Å². The van der Waals surface area contributed by atoms with Gasteiger partial charge in [-0.2, -0.15) is 0 Å². The largest absolute Gasteiger partial charge is 0.307 e. The molecule has 0 saturated carbocycles. The van der Waals surface area contributed by atoms with E-state index in [9.17, 15) is 0 Å². The maximum absolute atomic E-state index is 3.78. The van der Waals surface area contributed by atoms with Crippen LogP contribution in [0.1, 0.15) is 42.5 Å². The third-order valence-corrected chi connectivity index (χ3v) is 4.89. The van der Waals surface area contributed by atoms with E-state index >= 15 is 0 Å². The Morgan fingerprint density at radius 3 is 2.65 bits per heavy atom. The molecule has 1 fully saturated rings. The topological polar surface area (TPSA) is 15.3 Å². The SMILES string of the molecule is CCN1CCC(NC(C)c2ccc(C)s2)CC1. The van der Waals surface area contributed by atoms with Crippen molar-refractivity contribution in [1.82, 2.24) is 10.2 Å². The van der Waals surface area contributed by atoms with Gasteiger partial charge in [0.2, 0.25) is 0 Å². The molecule has 1 aromatic heterocycles. The van der Waals surface area contributed by atoms with Gasteiger partial charge in [0.05, 0.1) is 0 Å². The van der Waals surface area contributed by atoms with Crippen molar-refractivity contribution >= 4 is 11.3 Å². The molecule has 0 radical (unpaired) electrons. The molecule has 1 N–H and O–H groups in total. The van der Waals surface area contributed by atoms with E-state index in [-0.39, 0.29) is 0 Å². The number of rotatable bonds is 4. The highest BCUT2D eigenvalue weighted by atomic mass is 32.1. The molecular formula is C14H24N2S. The van der Waals surface area contributed by atoms with Gasteiger partial charge in [0, 0.05) is 21.8 Å². The molecule has 1 aromatic rings. The molecular weight excluding hydrogens is 228 g/mol. The summed E-state index contributed by atoms with van der Waals surface area (Å²) in [5.41, 5.74) is 0. The average molecular weight is 252 g/mol. The molecule has 0 spiro atoms. The predicted octanol–water partition coefficient (Wildman–Crippen LogP) is 3.19. The summed E-state index contributed by atoms with van der Waals surface area (Å²) in [4.78, 5) is 5.42. The van der Waals surface area contributed by atoms with Crippen LogP contribution in [0.5, 0.6) is 0 Å². The zero-order valence-electron chi connectivity index (χ0n) is 11.2. The molecule has 0 aromatic carbocycles. The van der Waals surface area contributed by atoms with E-state index in [1.165, 1.54) is 42.2 Å². The van der Waals surface area contributed by atoms with Crippen molar-refractivity contribution in [3.05, 3.63) is 21.9 Å². The molecule has 0 aliphatic carbocycles. The molecule has 1 atom stereocenters. The van der Waals surface area contributed by atoms with Crippen LogP contribution in [0.4, 0.5) is 0 Å². The van der Waals surface area contributed by atoms with Gasteiger partial charge in [-0.05, 0) is 58.5 Å². The summed E-state index contributed by atoms with van der Waals surface area (Å²) in [5, 5.41) is 3.78.